The summed E-state index contributed by atoms with van der Waals surface area (Å²) in [7, 11) is 1.51. The van der Waals surface area contributed by atoms with E-state index in [1.54, 1.807) is 24.0 Å². The van der Waals surface area contributed by atoms with E-state index in [9.17, 15) is 14.7 Å². The summed E-state index contributed by atoms with van der Waals surface area (Å²) in [6, 6.07) is 2.96. The maximum atomic E-state index is 12.7. The highest BCUT2D eigenvalue weighted by molar-refractivity contribution is 9.10. The van der Waals surface area contributed by atoms with Gasteiger partial charge in [-0.05, 0) is 48.3 Å². The van der Waals surface area contributed by atoms with E-state index >= 15 is 0 Å². The summed E-state index contributed by atoms with van der Waals surface area (Å²) in [6.45, 7) is 4.54. The second-order valence-corrected chi connectivity index (χ2v) is 6.25. The van der Waals surface area contributed by atoms with E-state index in [2.05, 4.69) is 15.9 Å². The number of rotatable bonds is 5. The fourth-order valence-corrected chi connectivity index (χ4v) is 3.41. The van der Waals surface area contributed by atoms with Crippen molar-refractivity contribution in [2.45, 2.75) is 26.3 Å². The number of hydrogen-bond donors (Lipinski definition) is 1. The van der Waals surface area contributed by atoms with Gasteiger partial charge in [0.25, 0.3) is 5.91 Å². The molecule has 2 rings (SSSR count). The Morgan fingerprint density at radius 1 is 1.43 bits per heavy atom. The van der Waals surface area contributed by atoms with Crippen molar-refractivity contribution in [3.05, 3.63) is 22.2 Å². The van der Waals surface area contributed by atoms with E-state index in [-0.39, 0.29) is 11.9 Å². The van der Waals surface area contributed by atoms with Gasteiger partial charge in [-0.1, -0.05) is 0 Å². The summed E-state index contributed by atoms with van der Waals surface area (Å²) in [5.41, 5.74) is 0.440. The number of benzene rings is 1. The molecule has 0 saturated carbocycles. The molecule has 1 amide bonds. The number of methoxy groups -OCH3 is 1. The van der Waals surface area contributed by atoms with Gasteiger partial charge < -0.3 is 19.5 Å². The molecule has 1 aromatic carbocycles. The van der Waals surface area contributed by atoms with Crippen molar-refractivity contribution < 1.29 is 24.2 Å². The van der Waals surface area contributed by atoms with Crippen molar-refractivity contribution in [3.63, 3.8) is 0 Å². The number of aliphatic carboxylic acids is 1. The molecule has 0 aliphatic carbocycles. The fraction of sp³-hybridized carbons (Fsp3) is 0.500. The van der Waals surface area contributed by atoms with Crippen LogP contribution in [0.1, 0.15) is 30.6 Å². The minimum atomic E-state index is -0.863. The van der Waals surface area contributed by atoms with Crippen molar-refractivity contribution in [3.8, 4) is 11.5 Å². The molecule has 1 aliphatic rings. The van der Waals surface area contributed by atoms with Gasteiger partial charge in [-0.15, -0.1) is 0 Å². The number of ether oxygens (including phenoxy) is 2. The van der Waals surface area contributed by atoms with E-state index in [1.807, 2.05) is 6.92 Å². The van der Waals surface area contributed by atoms with Gasteiger partial charge in [-0.2, -0.15) is 0 Å². The minimum Gasteiger partial charge on any atom is -0.493 e. The van der Waals surface area contributed by atoms with Crippen LogP contribution < -0.4 is 9.47 Å². The Morgan fingerprint density at radius 3 is 2.65 bits per heavy atom. The molecule has 1 saturated heterocycles. The van der Waals surface area contributed by atoms with Crippen molar-refractivity contribution in [2.24, 2.45) is 5.92 Å². The normalized spacial score (nSPS) is 20.4. The lowest BCUT2D eigenvalue weighted by atomic mass is 10.0. The molecule has 1 aliphatic heterocycles. The SMILES string of the molecule is CCOc1c(Br)cc(C(=O)N2CCC(C(=O)O)C2C)cc1OC. The Kier molecular flexibility index (Phi) is 5.51. The molecule has 23 heavy (non-hydrogen) atoms. The molecule has 1 aromatic rings. The summed E-state index contributed by atoms with van der Waals surface area (Å²) < 4.78 is 11.4. The van der Waals surface area contributed by atoms with Crippen LogP contribution in [0.15, 0.2) is 16.6 Å². The number of carboxylic acid groups (broad SMARTS) is 1. The van der Waals surface area contributed by atoms with Gasteiger partial charge in [-0.25, -0.2) is 0 Å². The second kappa shape index (κ2) is 7.21. The van der Waals surface area contributed by atoms with Crippen LogP contribution in [0.4, 0.5) is 0 Å². The quantitative estimate of drug-likeness (QED) is 0.842. The standard InChI is InChI=1S/C16H20BrNO5/c1-4-23-14-12(17)7-10(8-13(14)22-3)15(19)18-6-5-11(9(18)2)16(20)21/h7-9,11H,4-6H2,1-3H3,(H,20,21). The maximum absolute atomic E-state index is 12.7. The summed E-state index contributed by atoms with van der Waals surface area (Å²) in [6.07, 6.45) is 0.470. The van der Waals surface area contributed by atoms with Crippen molar-refractivity contribution in [2.75, 3.05) is 20.3 Å². The predicted molar refractivity (Wildman–Crippen MR) is 88.1 cm³/mol. The van der Waals surface area contributed by atoms with Gasteiger partial charge in [0.05, 0.1) is 24.1 Å². The fourth-order valence-electron chi connectivity index (χ4n) is 2.85. The van der Waals surface area contributed by atoms with E-state index < -0.39 is 11.9 Å². The predicted octanol–water partition coefficient (Wildman–Crippen LogP) is 2.79. The molecular formula is C16H20BrNO5. The lowest BCUT2D eigenvalue weighted by molar-refractivity contribution is -0.142. The number of hydrogen-bond acceptors (Lipinski definition) is 4. The number of carboxylic acids is 1. The van der Waals surface area contributed by atoms with Crippen LogP contribution in [-0.2, 0) is 4.79 Å². The van der Waals surface area contributed by atoms with Gasteiger partial charge in [0.2, 0.25) is 0 Å². The highest BCUT2D eigenvalue weighted by Gasteiger charge is 2.38. The number of nitrogens with zero attached hydrogens (tertiary/aromatic N) is 1. The molecule has 6 nitrogen and oxygen atoms in total. The largest absolute Gasteiger partial charge is 0.493 e. The maximum Gasteiger partial charge on any atom is 0.308 e. The van der Waals surface area contributed by atoms with Crippen LogP contribution in [-0.4, -0.2) is 48.2 Å². The first-order chi connectivity index (χ1) is 10.9. The molecule has 0 spiro atoms. The third-order valence-electron chi connectivity index (χ3n) is 4.10. The number of carbonyl (C=O) groups is 2. The molecule has 7 heteroatoms. The summed E-state index contributed by atoms with van der Waals surface area (Å²) >= 11 is 3.40. The Bertz CT molecular complexity index is 619. The van der Waals surface area contributed by atoms with E-state index in [0.29, 0.717) is 41.1 Å². The van der Waals surface area contributed by atoms with Gasteiger partial charge in [-0.3, -0.25) is 9.59 Å². The lowest BCUT2D eigenvalue weighted by Gasteiger charge is -2.24. The first-order valence-corrected chi connectivity index (χ1v) is 8.24. The second-order valence-electron chi connectivity index (χ2n) is 5.40. The molecule has 0 bridgehead atoms. The van der Waals surface area contributed by atoms with Crippen molar-refractivity contribution in [1.82, 2.24) is 4.90 Å². The smallest absolute Gasteiger partial charge is 0.308 e. The topological polar surface area (TPSA) is 76.1 Å². The molecule has 0 radical (unpaired) electrons. The van der Waals surface area contributed by atoms with Crippen LogP contribution in [0.25, 0.3) is 0 Å². The van der Waals surface area contributed by atoms with E-state index in [0.717, 1.165) is 0 Å². The van der Waals surface area contributed by atoms with Crippen LogP contribution in [0.2, 0.25) is 0 Å². The zero-order valence-electron chi connectivity index (χ0n) is 13.3. The average Bonchev–Trinajstić information content (AvgIpc) is 2.90. The Labute approximate surface area is 143 Å². The molecule has 1 N–H and O–H groups in total. The number of carbonyl (C=O) groups excluding carboxylic acids is 1. The van der Waals surface area contributed by atoms with Gasteiger partial charge in [0, 0.05) is 18.2 Å². The zero-order chi connectivity index (χ0) is 17.1. The highest BCUT2D eigenvalue weighted by Crippen LogP contribution is 2.37. The molecule has 1 heterocycles. The zero-order valence-corrected chi connectivity index (χ0v) is 14.9. The Morgan fingerprint density at radius 2 is 2.13 bits per heavy atom. The number of halogens is 1. The van der Waals surface area contributed by atoms with Crippen LogP contribution in [0, 0.1) is 5.92 Å². The molecule has 2 unspecified atom stereocenters. The van der Waals surface area contributed by atoms with Crippen molar-refractivity contribution in [1.29, 1.82) is 0 Å². The Hall–Kier alpha value is -1.76. The van der Waals surface area contributed by atoms with Gasteiger partial charge >= 0.3 is 5.97 Å². The summed E-state index contributed by atoms with van der Waals surface area (Å²) in [5.74, 6) is -0.579. The number of likely N-dealkylation sites (tertiary alicyclic amines) is 1. The molecule has 1 fully saturated rings. The first-order valence-electron chi connectivity index (χ1n) is 7.44. The lowest BCUT2D eigenvalue weighted by Crippen LogP contribution is -2.37. The summed E-state index contributed by atoms with van der Waals surface area (Å²) in [5, 5.41) is 9.19. The molecular weight excluding hydrogens is 366 g/mol. The van der Waals surface area contributed by atoms with Crippen LogP contribution >= 0.6 is 15.9 Å². The first kappa shape index (κ1) is 17.6. The van der Waals surface area contributed by atoms with Gasteiger partial charge in [0.15, 0.2) is 11.5 Å². The summed E-state index contributed by atoms with van der Waals surface area (Å²) in [4.78, 5) is 25.5. The number of amides is 1. The third-order valence-corrected chi connectivity index (χ3v) is 4.69. The van der Waals surface area contributed by atoms with E-state index in [1.165, 1.54) is 7.11 Å². The van der Waals surface area contributed by atoms with Gasteiger partial charge in [0.1, 0.15) is 0 Å². The highest BCUT2D eigenvalue weighted by atomic mass is 79.9. The molecule has 0 aromatic heterocycles. The van der Waals surface area contributed by atoms with Crippen LogP contribution in [0.3, 0.4) is 0 Å². The van der Waals surface area contributed by atoms with E-state index in [4.69, 9.17) is 9.47 Å². The molecule has 126 valence electrons. The molecule has 2 atom stereocenters. The average molecular weight is 386 g/mol. The minimum absolute atomic E-state index is 0.205. The van der Waals surface area contributed by atoms with Crippen LogP contribution in [0.5, 0.6) is 11.5 Å². The third kappa shape index (κ3) is 3.44. The Balaban J connectivity index is 2.30. The van der Waals surface area contributed by atoms with Crippen molar-refractivity contribution >= 4 is 27.8 Å². The monoisotopic (exact) mass is 385 g/mol.